The molecular formula is C23H25N3O3. The van der Waals surface area contributed by atoms with Gasteiger partial charge in [-0.15, -0.1) is 0 Å². The van der Waals surface area contributed by atoms with Crippen LogP contribution >= 0.6 is 0 Å². The molecule has 2 aromatic carbocycles. The Hall–Kier alpha value is -3.54. The van der Waals surface area contributed by atoms with Gasteiger partial charge in [-0.25, -0.2) is 0 Å². The number of anilines is 1. The molecule has 1 amide bonds. The van der Waals surface area contributed by atoms with Crippen LogP contribution in [-0.2, 0) is 13.0 Å². The van der Waals surface area contributed by atoms with E-state index in [2.05, 4.69) is 15.6 Å². The lowest BCUT2D eigenvalue weighted by Crippen LogP contribution is -2.23. The minimum absolute atomic E-state index is 0.179. The quantitative estimate of drug-likeness (QED) is 0.582. The number of carbonyl (C=O) groups excluding carboxylic acids is 1. The van der Waals surface area contributed by atoms with E-state index in [0.717, 1.165) is 35.7 Å². The molecule has 1 aromatic heterocycles. The maximum absolute atomic E-state index is 12.5. The van der Waals surface area contributed by atoms with Crippen molar-refractivity contribution in [1.82, 2.24) is 10.3 Å². The summed E-state index contributed by atoms with van der Waals surface area (Å²) in [7, 11) is 3.27. The average Bonchev–Trinajstić information content (AvgIpc) is 2.78. The second kappa shape index (κ2) is 10.1. The number of amides is 1. The number of hydrogen-bond donors (Lipinski definition) is 2. The lowest BCUT2D eigenvalue weighted by Gasteiger charge is -2.11. The van der Waals surface area contributed by atoms with Crippen LogP contribution in [0.2, 0.25) is 0 Å². The van der Waals surface area contributed by atoms with E-state index >= 15 is 0 Å². The molecule has 0 atom stereocenters. The van der Waals surface area contributed by atoms with Crippen LogP contribution in [0.3, 0.4) is 0 Å². The van der Waals surface area contributed by atoms with Crippen molar-refractivity contribution < 1.29 is 14.3 Å². The van der Waals surface area contributed by atoms with E-state index in [9.17, 15) is 4.79 Å². The lowest BCUT2D eigenvalue weighted by atomic mass is 10.1. The molecule has 0 radical (unpaired) electrons. The Morgan fingerprint density at radius 3 is 2.55 bits per heavy atom. The lowest BCUT2D eigenvalue weighted by molar-refractivity contribution is 0.0950. The van der Waals surface area contributed by atoms with E-state index in [-0.39, 0.29) is 5.91 Å². The number of methoxy groups -OCH3 is 2. The summed E-state index contributed by atoms with van der Waals surface area (Å²) in [6.07, 6.45) is 4.13. The van der Waals surface area contributed by atoms with Gasteiger partial charge in [-0.1, -0.05) is 30.3 Å². The standard InChI is InChI=1S/C23H25N3O3/c1-28-21-9-7-17(8-10-21)11-12-25-20-13-19(14-24-16-20)23(27)26-15-18-5-3-4-6-22(18)29-2/h3-10,13-14,16,25H,11-12,15H2,1-2H3,(H,26,27). The molecule has 0 aliphatic carbocycles. The molecule has 6 heteroatoms. The number of rotatable bonds is 9. The van der Waals surface area contributed by atoms with Gasteiger partial charge in [-0.3, -0.25) is 9.78 Å². The van der Waals surface area contributed by atoms with Crippen LogP contribution in [0.5, 0.6) is 11.5 Å². The highest BCUT2D eigenvalue weighted by atomic mass is 16.5. The number of nitrogens with one attached hydrogen (secondary N) is 2. The van der Waals surface area contributed by atoms with E-state index in [1.54, 1.807) is 32.7 Å². The van der Waals surface area contributed by atoms with Crippen LogP contribution in [0.25, 0.3) is 0 Å². The number of pyridine rings is 1. The van der Waals surface area contributed by atoms with Gasteiger partial charge in [0.05, 0.1) is 25.5 Å². The molecule has 1 heterocycles. The number of hydrogen-bond acceptors (Lipinski definition) is 5. The largest absolute Gasteiger partial charge is 0.497 e. The number of nitrogens with zero attached hydrogens (tertiary/aromatic N) is 1. The van der Waals surface area contributed by atoms with Crippen LogP contribution in [0.1, 0.15) is 21.5 Å². The highest BCUT2D eigenvalue weighted by Gasteiger charge is 2.09. The van der Waals surface area contributed by atoms with Crippen molar-refractivity contribution in [2.45, 2.75) is 13.0 Å². The van der Waals surface area contributed by atoms with Crippen molar-refractivity contribution in [2.24, 2.45) is 0 Å². The van der Waals surface area contributed by atoms with Gasteiger partial charge in [-0.2, -0.15) is 0 Å². The third-order valence-corrected chi connectivity index (χ3v) is 4.53. The van der Waals surface area contributed by atoms with Gasteiger partial charge >= 0.3 is 0 Å². The fourth-order valence-corrected chi connectivity index (χ4v) is 2.93. The van der Waals surface area contributed by atoms with Crippen molar-refractivity contribution >= 4 is 11.6 Å². The topological polar surface area (TPSA) is 72.5 Å². The summed E-state index contributed by atoms with van der Waals surface area (Å²) in [5.74, 6) is 1.42. The zero-order chi connectivity index (χ0) is 20.5. The number of aromatic nitrogens is 1. The molecule has 0 aliphatic heterocycles. The molecule has 3 rings (SSSR count). The van der Waals surface area contributed by atoms with Gasteiger partial charge in [0, 0.05) is 31.0 Å². The predicted molar refractivity (Wildman–Crippen MR) is 114 cm³/mol. The van der Waals surface area contributed by atoms with Crippen molar-refractivity contribution in [1.29, 1.82) is 0 Å². The first-order valence-corrected chi connectivity index (χ1v) is 9.41. The molecule has 0 saturated heterocycles. The minimum atomic E-state index is -0.179. The average molecular weight is 391 g/mol. The van der Waals surface area contributed by atoms with Gasteiger partial charge in [0.25, 0.3) is 5.91 Å². The molecule has 6 nitrogen and oxygen atoms in total. The molecule has 0 unspecified atom stereocenters. The van der Waals surface area contributed by atoms with Crippen molar-refractivity contribution in [3.05, 3.63) is 83.7 Å². The second-order valence-electron chi connectivity index (χ2n) is 6.48. The molecule has 0 fully saturated rings. The summed E-state index contributed by atoms with van der Waals surface area (Å²) in [6.45, 7) is 1.12. The second-order valence-corrected chi connectivity index (χ2v) is 6.48. The summed E-state index contributed by atoms with van der Waals surface area (Å²) in [5, 5.41) is 6.23. The van der Waals surface area contributed by atoms with Crippen molar-refractivity contribution in [3.63, 3.8) is 0 Å². The zero-order valence-corrected chi connectivity index (χ0v) is 16.6. The van der Waals surface area contributed by atoms with Gasteiger partial charge in [-0.05, 0) is 36.2 Å². The zero-order valence-electron chi connectivity index (χ0n) is 16.6. The summed E-state index contributed by atoms with van der Waals surface area (Å²) in [6, 6.07) is 17.4. The number of para-hydroxylation sites is 1. The van der Waals surface area contributed by atoms with Gasteiger partial charge in [0.15, 0.2) is 0 Å². The Morgan fingerprint density at radius 2 is 1.79 bits per heavy atom. The molecule has 0 bridgehead atoms. The smallest absolute Gasteiger partial charge is 0.253 e. The Kier molecular flexibility index (Phi) is 7.05. The molecule has 3 aromatic rings. The number of ether oxygens (including phenoxy) is 2. The normalized spacial score (nSPS) is 10.3. The molecule has 0 aliphatic rings. The van der Waals surface area contributed by atoms with Gasteiger partial charge < -0.3 is 20.1 Å². The van der Waals surface area contributed by atoms with E-state index in [4.69, 9.17) is 9.47 Å². The van der Waals surface area contributed by atoms with Crippen molar-refractivity contribution in [2.75, 3.05) is 26.1 Å². The molecule has 29 heavy (non-hydrogen) atoms. The Balaban J connectivity index is 1.53. The molecule has 0 saturated carbocycles. The highest BCUT2D eigenvalue weighted by molar-refractivity contribution is 5.94. The highest BCUT2D eigenvalue weighted by Crippen LogP contribution is 2.17. The summed E-state index contributed by atoms with van der Waals surface area (Å²) < 4.78 is 10.5. The first kappa shape index (κ1) is 20.2. The maximum Gasteiger partial charge on any atom is 0.253 e. The molecule has 0 spiro atoms. The fraction of sp³-hybridized carbons (Fsp3) is 0.217. The van der Waals surface area contributed by atoms with E-state index in [1.807, 2.05) is 48.5 Å². The first-order valence-electron chi connectivity index (χ1n) is 9.41. The molecular weight excluding hydrogens is 366 g/mol. The SMILES string of the molecule is COc1ccc(CCNc2cncc(C(=O)NCc3ccccc3OC)c2)cc1. The van der Waals surface area contributed by atoms with Crippen LogP contribution < -0.4 is 20.1 Å². The van der Waals surface area contributed by atoms with Crippen LogP contribution in [0.15, 0.2) is 67.0 Å². The van der Waals surface area contributed by atoms with Crippen molar-refractivity contribution in [3.8, 4) is 11.5 Å². The van der Waals surface area contributed by atoms with Crippen LogP contribution in [-0.4, -0.2) is 31.7 Å². The van der Waals surface area contributed by atoms with E-state index in [0.29, 0.717) is 12.1 Å². The third kappa shape index (κ3) is 5.72. The maximum atomic E-state index is 12.5. The fourth-order valence-electron chi connectivity index (χ4n) is 2.93. The molecule has 150 valence electrons. The minimum Gasteiger partial charge on any atom is -0.497 e. The summed E-state index contributed by atoms with van der Waals surface area (Å²) >= 11 is 0. The van der Waals surface area contributed by atoms with Gasteiger partial charge in [0.2, 0.25) is 0 Å². The van der Waals surface area contributed by atoms with E-state index < -0.39 is 0 Å². The van der Waals surface area contributed by atoms with Crippen LogP contribution in [0.4, 0.5) is 5.69 Å². The number of benzene rings is 2. The van der Waals surface area contributed by atoms with Gasteiger partial charge in [0.1, 0.15) is 11.5 Å². The Morgan fingerprint density at radius 1 is 1.00 bits per heavy atom. The van der Waals surface area contributed by atoms with E-state index in [1.165, 1.54) is 5.56 Å². The Bertz CT molecular complexity index is 942. The Labute approximate surface area is 170 Å². The third-order valence-electron chi connectivity index (χ3n) is 4.53. The predicted octanol–water partition coefficient (Wildman–Crippen LogP) is 3.68. The number of carbonyl (C=O) groups is 1. The monoisotopic (exact) mass is 391 g/mol. The summed E-state index contributed by atoms with van der Waals surface area (Å²) in [5.41, 5.74) is 3.44. The summed E-state index contributed by atoms with van der Waals surface area (Å²) in [4.78, 5) is 16.7. The van der Waals surface area contributed by atoms with Crippen LogP contribution in [0, 0.1) is 0 Å². The first-order chi connectivity index (χ1) is 14.2. The molecule has 2 N–H and O–H groups in total.